The molecule has 0 unspecified atom stereocenters. The van der Waals surface area contributed by atoms with Crippen molar-refractivity contribution in [3.8, 4) is 0 Å². The second-order valence-corrected chi connectivity index (χ2v) is 6.89. The third-order valence-corrected chi connectivity index (χ3v) is 4.37. The predicted octanol–water partition coefficient (Wildman–Crippen LogP) is 1.33. The Balaban J connectivity index is 2.22. The molecule has 0 saturated heterocycles. The lowest BCUT2D eigenvalue weighted by molar-refractivity contribution is -0.384. The maximum atomic E-state index is 11.5. The van der Waals surface area contributed by atoms with Gasteiger partial charge in [0.25, 0.3) is 5.69 Å². The highest BCUT2D eigenvalue weighted by Gasteiger charge is 2.18. The number of nitro benzene ring substituents is 1. The maximum Gasteiger partial charge on any atom is 0.293 e. The smallest absolute Gasteiger partial charge is 0.293 e. The maximum absolute atomic E-state index is 11.5. The van der Waals surface area contributed by atoms with Crippen molar-refractivity contribution < 1.29 is 13.3 Å². The normalized spacial score (nSPS) is 15.4. The zero-order valence-corrected chi connectivity index (χ0v) is 12.4. The van der Waals surface area contributed by atoms with Crippen molar-refractivity contribution in [1.29, 1.82) is 0 Å². The van der Waals surface area contributed by atoms with Crippen LogP contribution in [0.3, 0.4) is 0 Å². The summed E-state index contributed by atoms with van der Waals surface area (Å²) in [5.41, 5.74) is 1.27. The average Bonchev–Trinajstić information content (AvgIpc) is 2.45. The summed E-state index contributed by atoms with van der Waals surface area (Å²) in [6, 6.07) is 3.91. The molecule has 2 rings (SSSR count). The van der Waals surface area contributed by atoms with E-state index in [1.165, 1.54) is 17.7 Å². The topological polar surface area (TPSA) is 101 Å². The summed E-state index contributed by atoms with van der Waals surface area (Å²) in [6.45, 7) is 2.20. The number of anilines is 1. The largest absolute Gasteiger partial charge is 0.376 e. The van der Waals surface area contributed by atoms with Crippen molar-refractivity contribution in [1.82, 2.24) is 5.32 Å². The minimum atomic E-state index is -3.46. The van der Waals surface area contributed by atoms with Crippen molar-refractivity contribution in [3.63, 3.8) is 0 Å². The fraction of sp³-hybridized carbons (Fsp3) is 0.385. The van der Waals surface area contributed by atoms with Crippen molar-refractivity contribution in [2.75, 3.05) is 31.2 Å². The van der Waals surface area contributed by atoms with E-state index in [4.69, 9.17) is 0 Å². The molecule has 0 spiro atoms. The Morgan fingerprint density at radius 1 is 1.43 bits per heavy atom. The summed E-state index contributed by atoms with van der Waals surface area (Å²) in [5.74, 6) is 0. The van der Waals surface area contributed by atoms with E-state index >= 15 is 0 Å². The number of benzene rings is 1. The van der Waals surface area contributed by atoms with Crippen LogP contribution in [0.2, 0.25) is 0 Å². The molecule has 1 heterocycles. The lowest BCUT2D eigenvalue weighted by atomic mass is 10.1. The monoisotopic (exact) mass is 311 g/mol. The first-order valence-corrected chi connectivity index (χ1v) is 8.38. The highest BCUT2D eigenvalue weighted by molar-refractivity contribution is 7.90. The second-order valence-electron chi connectivity index (χ2n) is 4.88. The molecule has 8 heteroatoms. The summed E-state index contributed by atoms with van der Waals surface area (Å²) in [5, 5.41) is 17.3. The van der Waals surface area contributed by atoms with Crippen LogP contribution < -0.4 is 10.6 Å². The van der Waals surface area contributed by atoms with Gasteiger partial charge in [-0.15, -0.1) is 0 Å². The summed E-state index contributed by atoms with van der Waals surface area (Å²) >= 11 is 0. The highest BCUT2D eigenvalue weighted by Crippen LogP contribution is 2.27. The Morgan fingerprint density at radius 3 is 2.76 bits per heavy atom. The molecule has 1 aliphatic rings. The van der Waals surface area contributed by atoms with Crippen LogP contribution in [-0.4, -0.2) is 39.2 Å². The molecule has 0 saturated carbocycles. The Labute approximate surface area is 123 Å². The Hall–Kier alpha value is -1.93. The molecular formula is C13H17N3O4S. The molecule has 2 N–H and O–H groups in total. The van der Waals surface area contributed by atoms with E-state index in [1.54, 1.807) is 0 Å². The Morgan fingerprint density at radius 2 is 2.19 bits per heavy atom. The second kappa shape index (κ2) is 6.23. The lowest BCUT2D eigenvalue weighted by Crippen LogP contribution is -2.23. The van der Waals surface area contributed by atoms with Gasteiger partial charge in [0.15, 0.2) is 9.84 Å². The highest BCUT2D eigenvalue weighted by atomic mass is 32.2. The third kappa shape index (κ3) is 4.02. The molecule has 0 bridgehead atoms. The van der Waals surface area contributed by atoms with E-state index in [9.17, 15) is 18.5 Å². The van der Waals surface area contributed by atoms with Crippen molar-refractivity contribution in [3.05, 3.63) is 40.0 Å². The van der Waals surface area contributed by atoms with Crippen LogP contribution in [0.5, 0.6) is 0 Å². The van der Waals surface area contributed by atoms with Gasteiger partial charge in [-0.1, -0.05) is 11.6 Å². The van der Waals surface area contributed by atoms with E-state index in [0.717, 1.165) is 31.8 Å². The molecule has 0 fully saturated rings. The molecule has 7 nitrogen and oxygen atoms in total. The number of hydrogen-bond donors (Lipinski definition) is 2. The van der Waals surface area contributed by atoms with Crippen LogP contribution in [0.15, 0.2) is 34.7 Å². The zero-order chi connectivity index (χ0) is 15.5. The average molecular weight is 311 g/mol. The van der Waals surface area contributed by atoms with Crippen LogP contribution >= 0.6 is 0 Å². The first-order valence-electron chi connectivity index (χ1n) is 6.49. The van der Waals surface area contributed by atoms with Gasteiger partial charge in [0, 0.05) is 25.4 Å². The van der Waals surface area contributed by atoms with Crippen molar-refractivity contribution >= 4 is 21.2 Å². The van der Waals surface area contributed by atoms with Gasteiger partial charge in [0.1, 0.15) is 5.69 Å². The number of nitrogens with zero attached hydrogens (tertiary/aromatic N) is 1. The molecule has 1 aliphatic heterocycles. The Bertz CT molecular complexity index is 683. The van der Waals surface area contributed by atoms with Crippen molar-refractivity contribution in [2.45, 2.75) is 11.3 Å². The van der Waals surface area contributed by atoms with Crippen LogP contribution in [0.25, 0.3) is 0 Å². The van der Waals surface area contributed by atoms with Crippen LogP contribution in [0.4, 0.5) is 11.4 Å². The first-order chi connectivity index (χ1) is 9.88. The first kappa shape index (κ1) is 15.5. The number of hydrogen-bond acceptors (Lipinski definition) is 6. The quantitative estimate of drug-likeness (QED) is 0.483. The van der Waals surface area contributed by atoms with E-state index in [-0.39, 0.29) is 10.6 Å². The Kier molecular flexibility index (Phi) is 4.59. The van der Waals surface area contributed by atoms with E-state index in [0.29, 0.717) is 12.2 Å². The molecular weight excluding hydrogens is 294 g/mol. The molecule has 1 aromatic carbocycles. The van der Waals surface area contributed by atoms with Gasteiger partial charge in [-0.05, 0) is 25.1 Å². The SMILES string of the molecule is CS(=O)(=O)c1ccc(NCC2=CCNCC2)c([N+](=O)[O-])c1. The number of rotatable bonds is 5. The lowest BCUT2D eigenvalue weighted by Gasteiger charge is -2.15. The third-order valence-electron chi connectivity index (χ3n) is 3.26. The molecule has 21 heavy (non-hydrogen) atoms. The van der Waals surface area contributed by atoms with Gasteiger partial charge in [0.05, 0.1) is 9.82 Å². The van der Waals surface area contributed by atoms with Gasteiger partial charge >= 0.3 is 0 Å². The number of nitro groups is 1. The molecule has 0 radical (unpaired) electrons. The van der Waals surface area contributed by atoms with Crippen LogP contribution in [0.1, 0.15) is 6.42 Å². The van der Waals surface area contributed by atoms with Crippen LogP contribution in [-0.2, 0) is 9.84 Å². The van der Waals surface area contributed by atoms with E-state index in [1.807, 2.05) is 6.08 Å². The molecule has 114 valence electrons. The number of sulfone groups is 1. The molecule has 0 aromatic heterocycles. The fourth-order valence-electron chi connectivity index (χ4n) is 2.08. The van der Waals surface area contributed by atoms with Gasteiger partial charge < -0.3 is 10.6 Å². The summed E-state index contributed by atoms with van der Waals surface area (Å²) < 4.78 is 22.9. The van der Waals surface area contributed by atoms with Crippen LogP contribution in [0, 0.1) is 10.1 Å². The summed E-state index contributed by atoms with van der Waals surface area (Å²) in [4.78, 5) is 10.5. The van der Waals surface area contributed by atoms with Gasteiger partial charge in [-0.3, -0.25) is 10.1 Å². The van der Waals surface area contributed by atoms with Gasteiger partial charge in [0.2, 0.25) is 0 Å². The molecule has 0 atom stereocenters. The minimum Gasteiger partial charge on any atom is -0.376 e. The summed E-state index contributed by atoms with van der Waals surface area (Å²) in [6.07, 6.45) is 3.97. The zero-order valence-electron chi connectivity index (χ0n) is 11.6. The fourth-order valence-corrected chi connectivity index (χ4v) is 2.72. The summed E-state index contributed by atoms with van der Waals surface area (Å²) in [7, 11) is -3.46. The van der Waals surface area contributed by atoms with Gasteiger partial charge in [-0.2, -0.15) is 0 Å². The standard InChI is InChI=1S/C13H17N3O4S/c1-21(19,20)11-2-3-12(13(8-11)16(17)18)15-9-10-4-6-14-7-5-10/h2-4,8,14-15H,5-7,9H2,1H3. The molecule has 1 aromatic rings. The van der Waals surface area contributed by atoms with E-state index in [2.05, 4.69) is 10.6 Å². The molecule has 0 aliphatic carbocycles. The van der Waals surface area contributed by atoms with E-state index < -0.39 is 14.8 Å². The van der Waals surface area contributed by atoms with Gasteiger partial charge in [-0.25, -0.2) is 8.42 Å². The van der Waals surface area contributed by atoms with Crippen molar-refractivity contribution in [2.24, 2.45) is 0 Å². The molecule has 0 amide bonds. The number of nitrogens with one attached hydrogen (secondary N) is 2. The predicted molar refractivity (Wildman–Crippen MR) is 80.3 cm³/mol. The minimum absolute atomic E-state index is 0.0548.